The van der Waals surface area contributed by atoms with Gasteiger partial charge >= 0.3 is 0 Å². The number of hydrogen-bond acceptors (Lipinski definition) is 4. The molecule has 7 heteroatoms. The van der Waals surface area contributed by atoms with Crippen molar-refractivity contribution in [2.75, 3.05) is 23.8 Å². The van der Waals surface area contributed by atoms with Crippen molar-refractivity contribution >= 4 is 27.3 Å². The lowest BCUT2D eigenvalue weighted by atomic mass is 10.2. The number of ether oxygens (including phenoxy) is 1. The van der Waals surface area contributed by atoms with Crippen molar-refractivity contribution in [2.45, 2.75) is 4.90 Å². The molecular weight excluding hydrogens is 376 g/mol. The smallest absolute Gasteiger partial charge is 0.264 e. The maximum atomic E-state index is 12.8. The van der Waals surface area contributed by atoms with Crippen LogP contribution in [0.15, 0.2) is 83.8 Å². The first-order chi connectivity index (χ1) is 13.4. The summed E-state index contributed by atoms with van der Waals surface area (Å²) in [7, 11) is -0.675. The zero-order valence-corrected chi connectivity index (χ0v) is 16.3. The number of rotatable bonds is 6. The Balaban J connectivity index is 1.78. The van der Waals surface area contributed by atoms with E-state index in [2.05, 4.69) is 5.32 Å². The van der Waals surface area contributed by atoms with Crippen molar-refractivity contribution < 1.29 is 17.9 Å². The summed E-state index contributed by atoms with van der Waals surface area (Å²) in [4.78, 5) is 12.5. The number of nitrogens with one attached hydrogen (secondary N) is 1. The molecule has 0 bridgehead atoms. The molecule has 0 aliphatic heterocycles. The van der Waals surface area contributed by atoms with E-state index in [0.717, 1.165) is 0 Å². The van der Waals surface area contributed by atoms with Crippen LogP contribution in [-0.2, 0) is 10.0 Å². The lowest BCUT2D eigenvalue weighted by Gasteiger charge is -2.19. The van der Waals surface area contributed by atoms with Crippen LogP contribution in [0, 0.1) is 0 Å². The largest absolute Gasteiger partial charge is 0.497 e. The van der Waals surface area contributed by atoms with Crippen LogP contribution < -0.4 is 14.4 Å². The third kappa shape index (κ3) is 4.15. The topological polar surface area (TPSA) is 75.7 Å². The summed E-state index contributed by atoms with van der Waals surface area (Å²) in [6.07, 6.45) is 0. The Morgan fingerprint density at radius 1 is 0.929 bits per heavy atom. The highest BCUT2D eigenvalue weighted by Crippen LogP contribution is 2.22. The highest BCUT2D eigenvalue weighted by molar-refractivity contribution is 7.92. The van der Waals surface area contributed by atoms with Crippen molar-refractivity contribution in [3.8, 4) is 5.75 Å². The SMILES string of the molecule is COc1cccc(NC(=O)c2ccc(S(=O)(=O)N(C)c3ccccc3)cc2)c1. The molecule has 0 heterocycles. The monoisotopic (exact) mass is 396 g/mol. The Morgan fingerprint density at radius 3 is 2.25 bits per heavy atom. The number of benzene rings is 3. The number of methoxy groups -OCH3 is 1. The van der Waals surface area contributed by atoms with E-state index in [1.807, 2.05) is 6.07 Å². The standard InChI is InChI=1S/C21H20N2O4S/c1-23(18-8-4-3-5-9-18)28(25,26)20-13-11-16(12-14-20)21(24)22-17-7-6-10-19(15-17)27-2/h3-15H,1-2H3,(H,22,24). The van der Waals surface area contributed by atoms with Gasteiger partial charge < -0.3 is 10.1 Å². The normalized spacial score (nSPS) is 10.9. The summed E-state index contributed by atoms with van der Waals surface area (Å²) < 4.78 is 31.9. The first-order valence-electron chi connectivity index (χ1n) is 8.51. The highest BCUT2D eigenvalue weighted by atomic mass is 32.2. The summed E-state index contributed by atoms with van der Waals surface area (Å²) in [5.41, 5.74) is 1.50. The summed E-state index contributed by atoms with van der Waals surface area (Å²) in [5, 5.41) is 2.76. The van der Waals surface area contributed by atoms with Gasteiger partial charge in [0.2, 0.25) is 0 Å². The molecule has 3 rings (SSSR count). The molecule has 0 aliphatic rings. The number of hydrogen-bond donors (Lipinski definition) is 1. The molecule has 0 atom stereocenters. The molecule has 144 valence electrons. The number of carbonyl (C=O) groups excluding carboxylic acids is 1. The maximum absolute atomic E-state index is 12.8. The molecule has 0 aromatic heterocycles. The number of carbonyl (C=O) groups is 1. The van der Waals surface area contributed by atoms with Crippen LogP contribution in [0.3, 0.4) is 0 Å². The summed E-state index contributed by atoms with van der Waals surface area (Å²) >= 11 is 0. The van der Waals surface area contributed by atoms with Gasteiger partial charge in [-0.3, -0.25) is 9.10 Å². The van der Waals surface area contributed by atoms with Crippen molar-refractivity contribution in [1.29, 1.82) is 0 Å². The minimum Gasteiger partial charge on any atom is -0.497 e. The number of anilines is 2. The molecule has 0 unspecified atom stereocenters. The van der Waals surface area contributed by atoms with E-state index in [0.29, 0.717) is 22.7 Å². The van der Waals surface area contributed by atoms with Gasteiger partial charge in [0.05, 0.1) is 17.7 Å². The third-order valence-electron chi connectivity index (χ3n) is 4.22. The minimum atomic E-state index is -3.72. The van der Waals surface area contributed by atoms with Gasteiger partial charge in [0.1, 0.15) is 5.75 Å². The number of sulfonamides is 1. The number of para-hydroxylation sites is 1. The number of nitrogens with zero attached hydrogens (tertiary/aromatic N) is 1. The Hall–Kier alpha value is -3.32. The molecule has 0 spiro atoms. The quantitative estimate of drug-likeness (QED) is 0.688. The van der Waals surface area contributed by atoms with Crippen LogP contribution in [0.1, 0.15) is 10.4 Å². The van der Waals surface area contributed by atoms with Gasteiger partial charge in [-0.05, 0) is 48.5 Å². The van der Waals surface area contributed by atoms with Crippen LogP contribution in [0.2, 0.25) is 0 Å². The molecule has 3 aromatic carbocycles. The van der Waals surface area contributed by atoms with Crippen LogP contribution >= 0.6 is 0 Å². The van der Waals surface area contributed by atoms with E-state index >= 15 is 0 Å². The van der Waals surface area contributed by atoms with E-state index in [9.17, 15) is 13.2 Å². The zero-order chi connectivity index (χ0) is 20.1. The Labute approximate surface area is 164 Å². The predicted molar refractivity (Wildman–Crippen MR) is 109 cm³/mol. The van der Waals surface area contributed by atoms with Crippen molar-refractivity contribution in [3.05, 3.63) is 84.4 Å². The molecule has 0 radical (unpaired) electrons. The molecule has 0 saturated heterocycles. The Bertz CT molecular complexity index is 1070. The fourth-order valence-corrected chi connectivity index (χ4v) is 3.81. The minimum absolute atomic E-state index is 0.108. The molecule has 0 saturated carbocycles. The van der Waals surface area contributed by atoms with E-state index in [-0.39, 0.29) is 10.8 Å². The van der Waals surface area contributed by atoms with Gasteiger partial charge in [-0.25, -0.2) is 8.42 Å². The fourth-order valence-electron chi connectivity index (χ4n) is 2.62. The van der Waals surface area contributed by atoms with Gasteiger partial charge in [-0.2, -0.15) is 0 Å². The second-order valence-electron chi connectivity index (χ2n) is 6.02. The van der Waals surface area contributed by atoms with Gasteiger partial charge in [0, 0.05) is 24.4 Å². The molecule has 28 heavy (non-hydrogen) atoms. The second kappa shape index (κ2) is 8.14. The van der Waals surface area contributed by atoms with Gasteiger partial charge in [0.15, 0.2) is 0 Å². The van der Waals surface area contributed by atoms with Gasteiger partial charge in [-0.15, -0.1) is 0 Å². The Morgan fingerprint density at radius 2 is 1.61 bits per heavy atom. The van der Waals surface area contributed by atoms with Crippen LogP contribution in [0.5, 0.6) is 5.75 Å². The van der Waals surface area contributed by atoms with E-state index in [4.69, 9.17) is 4.74 Å². The third-order valence-corrected chi connectivity index (χ3v) is 6.02. The first-order valence-corrected chi connectivity index (χ1v) is 9.95. The predicted octanol–water partition coefficient (Wildman–Crippen LogP) is 3.77. The molecule has 1 amide bonds. The average molecular weight is 396 g/mol. The highest BCUT2D eigenvalue weighted by Gasteiger charge is 2.21. The Kier molecular flexibility index (Phi) is 5.65. The molecule has 0 aliphatic carbocycles. The molecule has 1 N–H and O–H groups in total. The first kappa shape index (κ1) is 19.4. The number of amides is 1. The zero-order valence-electron chi connectivity index (χ0n) is 15.5. The maximum Gasteiger partial charge on any atom is 0.264 e. The molecule has 0 fully saturated rings. The van der Waals surface area contributed by atoms with E-state index < -0.39 is 10.0 Å². The van der Waals surface area contributed by atoms with Crippen molar-refractivity contribution in [2.24, 2.45) is 0 Å². The molecular formula is C21H20N2O4S. The lowest BCUT2D eigenvalue weighted by molar-refractivity contribution is 0.102. The van der Waals surface area contributed by atoms with Gasteiger partial charge in [0.25, 0.3) is 15.9 Å². The van der Waals surface area contributed by atoms with Crippen LogP contribution in [-0.4, -0.2) is 28.5 Å². The van der Waals surface area contributed by atoms with E-state index in [1.54, 1.807) is 55.6 Å². The lowest BCUT2D eigenvalue weighted by Crippen LogP contribution is -2.26. The average Bonchev–Trinajstić information content (AvgIpc) is 2.74. The van der Waals surface area contributed by atoms with Crippen molar-refractivity contribution in [3.63, 3.8) is 0 Å². The van der Waals surface area contributed by atoms with Crippen molar-refractivity contribution in [1.82, 2.24) is 0 Å². The summed E-state index contributed by atoms with van der Waals surface area (Å²) in [5.74, 6) is 0.289. The summed E-state index contributed by atoms with van der Waals surface area (Å²) in [6.45, 7) is 0. The molecule has 6 nitrogen and oxygen atoms in total. The van der Waals surface area contributed by atoms with Gasteiger partial charge in [-0.1, -0.05) is 24.3 Å². The molecule has 3 aromatic rings. The summed E-state index contributed by atoms with van der Waals surface area (Å²) in [6, 6.07) is 21.6. The fraction of sp³-hybridized carbons (Fsp3) is 0.0952. The second-order valence-corrected chi connectivity index (χ2v) is 7.99. The van der Waals surface area contributed by atoms with Crippen LogP contribution in [0.25, 0.3) is 0 Å². The van der Waals surface area contributed by atoms with E-state index in [1.165, 1.54) is 35.6 Å². The van der Waals surface area contributed by atoms with Crippen LogP contribution in [0.4, 0.5) is 11.4 Å².